The zero-order chi connectivity index (χ0) is 22.4. The molecule has 1 aromatic carbocycles. The fourth-order valence-corrected chi connectivity index (χ4v) is 8.24. The predicted octanol–water partition coefficient (Wildman–Crippen LogP) is 4.97. The molecule has 4 fully saturated rings. The van der Waals surface area contributed by atoms with Crippen molar-refractivity contribution in [3.8, 4) is 0 Å². The van der Waals surface area contributed by atoms with E-state index >= 15 is 0 Å². The molecule has 2 unspecified atom stereocenters. The van der Waals surface area contributed by atoms with Gasteiger partial charge in [0.05, 0.1) is 18.1 Å². The molecule has 0 bridgehead atoms. The SMILES string of the molecule is Cc1ccc2[nH]c3c(c2c1)CCCC3NCC1C(=O)O[C@@H]2C[C@@]3(C)CCC[C@]4(CO4)[C@@H]3C[C@H]12. The number of carbonyl (C=O) groups is 1. The van der Waals surface area contributed by atoms with Gasteiger partial charge in [-0.1, -0.05) is 18.6 Å². The van der Waals surface area contributed by atoms with Crippen molar-refractivity contribution in [2.75, 3.05) is 13.2 Å². The number of epoxide rings is 1. The summed E-state index contributed by atoms with van der Waals surface area (Å²) in [7, 11) is 0. The van der Waals surface area contributed by atoms with E-state index in [1.165, 1.54) is 53.4 Å². The van der Waals surface area contributed by atoms with Crippen LogP contribution in [-0.4, -0.2) is 35.8 Å². The van der Waals surface area contributed by atoms with E-state index in [4.69, 9.17) is 9.47 Å². The van der Waals surface area contributed by atoms with Crippen LogP contribution < -0.4 is 5.32 Å². The minimum Gasteiger partial charge on any atom is -0.462 e. The van der Waals surface area contributed by atoms with Crippen molar-refractivity contribution >= 4 is 16.9 Å². The summed E-state index contributed by atoms with van der Waals surface area (Å²) in [5.41, 5.74) is 5.72. The fraction of sp³-hybridized carbons (Fsp3) is 0.679. The van der Waals surface area contributed by atoms with Gasteiger partial charge in [0.25, 0.3) is 0 Å². The third-order valence-corrected chi connectivity index (χ3v) is 10.0. The average Bonchev–Trinajstić information content (AvgIpc) is 3.35. The molecule has 176 valence electrons. The molecule has 5 heteroatoms. The van der Waals surface area contributed by atoms with E-state index < -0.39 is 0 Å². The number of rotatable bonds is 3. The number of fused-ring (bicyclic) bond motifs is 6. The summed E-state index contributed by atoms with van der Waals surface area (Å²) in [6, 6.07) is 6.98. The van der Waals surface area contributed by atoms with Crippen LogP contribution in [0.4, 0.5) is 0 Å². The molecule has 2 saturated heterocycles. The van der Waals surface area contributed by atoms with Crippen LogP contribution in [0.3, 0.4) is 0 Å². The van der Waals surface area contributed by atoms with E-state index in [1.807, 2.05) is 0 Å². The lowest BCUT2D eigenvalue weighted by molar-refractivity contribution is -0.147. The first-order chi connectivity index (χ1) is 16.0. The van der Waals surface area contributed by atoms with Gasteiger partial charge in [0.15, 0.2) is 0 Å². The number of aromatic nitrogens is 1. The van der Waals surface area contributed by atoms with E-state index in [0.717, 1.165) is 38.8 Å². The second kappa shape index (κ2) is 7.08. The molecule has 7 rings (SSSR count). The van der Waals surface area contributed by atoms with Gasteiger partial charge in [0, 0.05) is 35.1 Å². The molecule has 2 N–H and O–H groups in total. The molecule has 5 nitrogen and oxygen atoms in total. The molecule has 3 heterocycles. The summed E-state index contributed by atoms with van der Waals surface area (Å²) in [5, 5.41) is 5.18. The Labute approximate surface area is 196 Å². The molecular weight excluding hydrogens is 412 g/mol. The highest BCUT2D eigenvalue weighted by Gasteiger charge is 2.65. The first-order valence-corrected chi connectivity index (χ1v) is 13.1. The van der Waals surface area contributed by atoms with Crippen LogP contribution in [0, 0.1) is 30.1 Å². The van der Waals surface area contributed by atoms with Crippen LogP contribution >= 0.6 is 0 Å². The summed E-state index contributed by atoms with van der Waals surface area (Å²) in [6.45, 7) is 6.23. The Morgan fingerprint density at radius 3 is 2.97 bits per heavy atom. The minimum absolute atomic E-state index is 0.0221. The Morgan fingerprint density at radius 1 is 1.24 bits per heavy atom. The molecule has 2 aromatic rings. The Balaban J connectivity index is 1.11. The van der Waals surface area contributed by atoms with Gasteiger partial charge in [-0.05, 0) is 87.3 Å². The van der Waals surface area contributed by atoms with Gasteiger partial charge < -0.3 is 19.8 Å². The van der Waals surface area contributed by atoms with E-state index in [-0.39, 0.29) is 35.0 Å². The smallest absolute Gasteiger partial charge is 0.310 e. The van der Waals surface area contributed by atoms with E-state index in [2.05, 4.69) is 42.3 Å². The topological polar surface area (TPSA) is 66.7 Å². The molecule has 2 saturated carbocycles. The van der Waals surface area contributed by atoms with Crippen LogP contribution in [0.5, 0.6) is 0 Å². The van der Waals surface area contributed by atoms with Gasteiger partial charge in [-0.2, -0.15) is 0 Å². The van der Waals surface area contributed by atoms with Crippen molar-refractivity contribution in [3.63, 3.8) is 0 Å². The van der Waals surface area contributed by atoms with Crippen LogP contribution in [0.25, 0.3) is 10.9 Å². The maximum absolute atomic E-state index is 13.0. The summed E-state index contributed by atoms with van der Waals surface area (Å²) < 4.78 is 12.1. The molecule has 0 radical (unpaired) electrons. The van der Waals surface area contributed by atoms with Gasteiger partial charge in [-0.3, -0.25) is 4.79 Å². The number of hydrogen-bond acceptors (Lipinski definition) is 4. The molecule has 0 amide bonds. The van der Waals surface area contributed by atoms with Gasteiger partial charge in [0.1, 0.15) is 6.10 Å². The van der Waals surface area contributed by atoms with Crippen LogP contribution in [-0.2, 0) is 20.7 Å². The monoisotopic (exact) mass is 448 g/mol. The maximum atomic E-state index is 13.0. The van der Waals surface area contributed by atoms with Crippen molar-refractivity contribution in [3.05, 3.63) is 35.0 Å². The summed E-state index contributed by atoms with van der Waals surface area (Å²) in [6.07, 6.45) is 9.33. The quantitative estimate of drug-likeness (QED) is 0.514. The third kappa shape index (κ3) is 3.07. The Hall–Kier alpha value is -1.85. The number of esters is 1. The van der Waals surface area contributed by atoms with Crippen molar-refractivity contribution in [2.45, 2.75) is 83.0 Å². The van der Waals surface area contributed by atoms with Gasteiger partial charge in [0.2, 0.25) is 0 Å². The summed E-state index contributed by atoms with van der Waals surface area (Å²) in [4.78, 5) is 16.7. The molecular formula is C28H36N2O3. The van der Waals surface area contributed by atoms with Crippen LogP contribution in [0.15, 0.2) is 18.2 Å². The van der Waals surface area contributed by atoms with Crippen molar-refractivity contribution in [1.82, 2.24) is 10.3 Å². The zero-order valence-electron chi connectivity index (χ0n) is 19.9. The Morgan fingerprint density at radius 2 is 2.12 bits per heavy atom. The fourth-order valence-electron chi connectivity index (χ4n) is 8.24. The first kappa shape index (κ1) is 20.5. The standard InChI is InChI=1S/C28H36N2O3/c1-16-7-8-21-18(11-16)17-5-3-6-22(25(17)30-21)29-14-20-19-12-24-27(2,13-23(19)33-26(20)31)9-4-10-28(24)15-32-28/h7-8,11,19-20,22-24,29-30H,3-6,9-10,12-15H2,1-2H3/t19-,20?,22?,23-,24-,27-,28+/m1/s1. The highest BCUT2D eigenvalue weighted by atomic mass is 16.6. The maximum Gasteiger partial charge on any atom is 0.310 e. The predicted molar refractivity (Wildman–Crippen MR) is 127 cm³/mol. The average molecular weight is 449 g/mol. The van der Waals surface area contributed by atoms with Crippen molar-refractivity contribution in [2.24, 2.45) is 23.2 Å². The van der Waals surface area contributed by atoms with E-state index in [1.54, 1.807) is 0 Å². The van der Waals surface area contributed by atoms with Gasteiger partial charge in [-0.15, -0.1) is 0 Å². The highest BCUT2D eigenvalue weighted by Crippen LogP contribution is 2.62. The second-order valence-electron chi connectivity index (χ2n) is 12.0. The van der Waals surface area contributed by atoms with E-state index in [9.17, 15) is 4.79 Å². The number of aromatic amines is 1. The third-order valence-electron chi connectivity index (χ3n) is 10.0. The Bertz CT molecular complexity index is 1120. The molecule has 2 aliphatic heterocycles. The highest BCUT2D eigenvalue weighted by molar-refractivity contribution is 5.85. The lowest BCUT2D eigenvalue weighted by atomic mass is 9.53. The Kier molecular flexibility index (Phi) is 4.40. The second-order valence-corrected chi connectivity index (χ2v) is 12.0. The first-order valence-electron chi connectivity index (χ1n) is 13.1. The number of ether oxygens (including phenoxy) is 2. The molecule has 3 aliphatic carbocycles. The molecule has 33 heavy (non-hydrogen) atoms. The van der Waals surface area contributed by atoms with Crippen LogP contribution in [0.2, 0.25) is 0 Å². The zero-order valence-corrected chi connectivity index (χ0v) is 19.9. The summed E-state index contributed by atoms with van der Waals surface area (Å²) in [5.74, 6) is 0.897. The van der Waals surface area contributed by atoms with Gasteiger partial charge in [-0.25, -0.2) is 0 Å². The number of hydrogen-bond donors (Lipinski definition) is 2. The van der Waals surface area contributed by atoms with Crippen LogP contribution in [0.1, 0.15) is 74.7 Å². The molecule has 1 aromatic heterocycles. The summed E-state index contributed by atoms with van der Waals surface area (Å²) >= 11 is 0. The normalized spacial score (nSPS) is 41.5. The number of nitrogens with one attached hydrogen (secondary N) is 2. The van der Waals surface area contributed by atoms with E-state index in [0.29, 0.717) is 11.8 Å². The lowest BCUT2D eigenvalue weighted by Gasteiger charge is -2.51. The molecule has 5 aliphatic rings. The number of H-pyrrole nitrogens is 1. The van der Waals surface area contributed by atoms with Crippen molar-refractivity contribution in [1.29, 1.82) is 0 Å². The number of benzene rings is 1. The molecule has 1 spiro atoms. The lowest BCUT2D eigenvalue weighted by Crippen LogP contribution is -2.51. The largest absolute Gasteiger partial charge is 0.462 e. The number of carbonyl (C=O) groups excluding carboxylic acids is 1. The van der Waals surface area contributed by atoms with Gasteiger partial charge >= 0.3 is 5.97 Å². The molecule has 7 atom stereocenters. The van der Waals surface area contributed by atoms with Crippen molar-refractivity contribution < 1.29 is 14.3 Å². The minimum atomic E-state index is -0.0331. The number of aryl methyl sites for hydroxylation is 2.